The Morgan fingerprint density at radius 2 is 2.00 bits per heavy atom. The number of hydrogen-bond acceptors (Lipinski definition) is 5. The quantitative estimate of drug-likeness (QED) is 0.823. The number of hydrogen-bond donors (Lipinski definition) is 1. The van der Waals surface area contributed by atoms with Crippen molar-refractivity contribution in [3.05, 3.63) is 42.5 Å². The summed E-state index contributed by atoms with van der Waals surface area (Å²) in [6.45, 7) is 0. The van der Waals surface area contributed by atoms with E-state index >= 15 is 0 Å². The molecule has 2 heterocycles. The Bertz CT molecular complexity index is 486. The fourth-order valence-electron chi connectivity index (χ4n) is 1.06. The molecule has 16 heavy (non-hydrogen) atoms. The number of nitrogens with one attached hydrogen (secondary N) is 1. The van der Waals surface area contributed by atoms with Crippen LogP contribution in [0, 0.1) is 0 Å². The van der Waals surface area contributed by atoms with E-state index in [9.17, 15) is 4.79 Å². The number of carbonyl (C=O) groups excluding carboxylic acids is 1. The second-order valence-corrected chi connectivity index (χ2v) is 3.28. The summed E-state index contributed by atoms with van der Waals surface area (Å²) in [5, 5.41) is 2.35. The molecule has 0 aliphatic carbocycles. The summed E-state index contributed by atoms with van der Waals surface area (Å²) in [5.41, 5.74) is 1.03. The minimum atomic E-state index is -0.576. The van der Waals surface area contributed by atoms with Crippen molar-refractivity contribution >= 4 is 28.5 Å². The molecule has 0 radical (unpaired) electrons. The molecule has 2 aromatic heterocycles. The van der Waals surface area contributed by atoms with Crippen LogP contribution >= 0.6 is 11.6 Å². The molecule has 0 saturated heterocycles. The number of aromatic nitrogens is 3. The van der Waals surface area contributed by atoms with Gasteiger partial charge in [-0.1, -0.05) is 0 Å². The largest absolute Gasteiger partial charge is 0.323 e. The first kappa shape index (κ1) is 10.5. The highest BCUT2D eigenvalue weighted by Gasteiger charge is 2.03. The molecular weight excluding hydrogens is 228 g/mol. The summed E-state index contributed by atoms with van der Waals surface area (Å²) in [6.07, 6.45) is 6.04. The van der Waals surface area contributed by atoms with Crippen LogP contribution in [0.1, 0.15) is 10.4 Å². The predicted octanol–water partition coefficient (Wildman–Crippen LogP) is 1.99. The van der Waals surface area contributed by atoms with E-state index in [1.165, 1.54) is 12.4 Å². The lowest BCUT2D eigenvalue weighted by Crippen LogP contribution is -1.99. The molecule has 0 aliphatic heterocycles. The zero-order valence-electron chi connectivity index (χ0n) is 8.09. The molecule has 0 amide bonds. The van der Waals surface area contributed by atoms with E-state index in [-0.39, 0.29) is 5.56 Å². The summed E-state index contributed by atoms with van der Waals surface area (Å²) in [4.78, 5) is 22.6. The van der Waals surface area contributed by atoms with E-state index in [2.05, 4.69) is 20.3 Å². The van der Waals surface area contributed by atoms with Gasteiger partial charge in [0.05, 0.1) is 17.4 Å². The third-order valence-corrected chi connectivity index (χ3v) is 2.01. The van der Waals surface area contributed by atoms with Crippen LogP contribution in [-0.2, 0) is 0 Å². The van der Waals surface area contributed by atoms with Gasteiger partial charge in [-0.2, -0.15) is 0 Å². The van der Waals surface area contributed by atoms with Gasteiger partial charge in [-0.25, -0.2) is 9.97 Å². The predicted molar refractivity (Wildman–Crippen MR) is 59.7 cm³/mol. The second-order valence-electron chi connectivity index (χ2n) is 2.94. The zero-order valence-corrected chi connectivity index (χ0v) is 8.85. The van der Waals surface area contributed by atoms with E-state index < -0.39 is 5.24 Å². The number of carbonyl (C=O) groups is 1. The molecule has 0 atom stereocenters. The van der Waals surface area contributed by atoms with Crippen molar-refractivity contribution in [2.45, 2.75) is 0 Å². The van der Waals surface area contributed by atoms with E-state index in [4.69, 9.17) is 11.6 Å². The van der Waals surface area contributed by atoms with Crippen molar-refractivity contribution in [2.75, 3.05) is 5.32 Å². The molecule has 6 heteroatoms. The lowest BCUT2D eigenvalue weighted by atomic mass is 10.4. The van der Waals surface area contributed by atoms with Gasteiger partial charge >= 0.3 is 0 Å². The van der Waals surface area contributed by atoms with Crippen LogP contribution in [0.4, 0.5) is 11.6 Å². The van der Waals surface area contributed by atoms with Crippen LogP contribution in [0.2, 0.25) is 0 Å². The van der Waals surface area contributed by atoms with Crippen molar-refractivity contribution in [2.24, 2.45) is 0 Å². The molecule has 0 fully saturated rings. The normalized spacial score (nSPS) is 9.81. The molecule has 80 valence electrons. The molecule has 0 spiro atoms. The number of rotatable bonds is 3. The molecule has 2 rings (SSSR count). The lowest BCUT2D eigenvalue weighted by Gasteiger charge is -2.03. The van der Waals surface area contributed by atoms with Gasteiger partial charge in [0.2, 0.25) is 5.95 Å². The maximum absolute atomic E-state index is 10.8. The summed E-state index contributed by atoms with van der Waals surface area (Å²) >= 11 is 5.27. The Balaban J connectivity index is 2.14. The molecule has 0 aliphatic rings. The van der Waals surface area contributed by atoms with E-state index in [1.54, 1.807) is 18.5 Å². The van der Waals surface area contributed by atoms with Crippen LogP contribution in [0.5, 0.6) is 0 Å². The van der Waals surface area contributed by atoms with Gasteiger partial charge in [0, 0.05) is 18.6 Å². The number of halogens is 1. The fraction of sp³-hybridized carbons (Fsp3) is 0. The first-order chi connectivity index (χ1) is 7.75. The first-order valence-electron chi connectivity index (χ1n) is 4.44. The van der Waals surface area contributed by atoms with E-state index in [1.807, 2.05) is 6.07 Å². The highest BCUT2D eigenvalue weighted by Crippen LogP contribution is 2.10. The topological polar surface area (TPSA) is 67.8 Å². The molecule has 0 saturated carbocycles. The maximum Gasteiger partial charge on any atom is 0.255 e. The van der Waals surface area contributed by atoms with Gasteiger partial charge in [-0.05, 0) is 23.7 Å². The Labute approximate surface area is 96.5 Å². The lowest BCUT2D eigenvalue weighted by molar-refractivity contribution is 0.108. The average molecular weight is 235 g/mol. The summed E-state index contributed by atoms with van der Waals surface area (Å²) in [6, 6.07) is 3.62. The van der Waals surface area contributed by atoms with Gasteiger partial charge in [0.1, 0.15) is 0 Å². The van der Waals surface area contributed by atoms with Gasteiger partial charge in [-0.3, -0.25) is 9.78 Å². The molecule has 1 N–H and O–H groups in total. The summed E-state index contributed by atoms with van der Waals surface area (Å²) in [7, 11) is 0. The van der Waals surface area contributed by atoms with Crippen LogP contribution in [0.25, 0.3) is 0 Å². The SMILES string of the molecule is O=C(Cl)c1cnc(Nc2cccnc2)nc1. The van der Waals surface area contributed by atoms with Crippen LogP contribution in [0.3, 0.4) is 0 Å². The van der Waals surface area contributed by atoms with Crippen LogP contribution in [-0.4, -0.2) is 20.2 Å². The van der Waals surface area contributed by atoms with Gasteiger partial charge < -0.3 is 5.32 Å². The number of nitrogens with zero attached hydrogens (tertiary/aromatic N) is 3. The second kappa shape index (κ2) is 4.67. The maximum atomic E-state index is 10.8. The van der Waals surface area contributed by atoms with Crippen LogP contribution < -0.4 is 5.32 Å². The average Bonchev–Trinajstić information content (AvgIpc) is 2.31. The monoisotopic (exact) mass is 234 g/mol. The van der Waals surface area contributed by atoms with Crippen molar-refractivity contribution in [3.8, 4) is 0 Å². The first-order valence-corrected chi connectivity index (χ1v) is 4.82. The summed E-state index contributed by atoms with van der Waals surface area (Å²) < 4.78 is 0. The molecule has 0 bridgehead atoms. The highest BCUT2D eigenvalue weighted by atomic mass is 35.5. The van der Waals surface area contributed by atoms with Crippen molar-refractivity contribution in [1.82, 2.24) is 15.0 Å². The van der Waals surface area contributed by atoms with Gasteiger partial charge in [0.25, 0.3) is 5.24 Å². The third-order valence-electron chi connectivity index (χ3n) is 1.80. The minimum Gasteiger partial charge on any atom is -0.323 e. The zero-order chi connectivity index (χ0) is 11.4. The fourth-order valence-corrected chi connectivity index (χ4v) is 1.16. The van der Waals surface area contributed by atoms with Gasteiger partial charge in [-0.15, -0.1) is 0 Å². The molecule has 0 unspecified atom stereocenters. The molecular formula is C10H7ClN4O. The molecule has 5 nitrogen and oxygen atoms in total. The molecule has 0 aromatic carbocycles. The number of anilines is 2. The van der Waals surface area contributed by atoms with Crippen LogP contribution in [0.15, 0.2) is 36.9 Å². The Morgan fingerprint density at radius 1 is 1.25 bits per heavy atom. The van der Waals surface area contributed by atoms with Crippen molar-refractivity contribution in [3.63, 3.8) is 0 Å². The van der Waals surface area contributed by atoms with Gasteiger partial charge in [0.15, 0.2) is 0 Å². The van der Waals surface area contributed by atoms with Crippen molar-refractivity contribution < 1.29 is 4.79 Å². The van der Waals surface area contributed by atoms with E-state index in [0.29, 0.717) is 5.95 Å². The molecule has 2 aromatic rings. The summed E-state index contributed by atoms with van der Waals surface area (Å²) in [5.74, 6) is 0.384. The smallest absolute Gasteiger partial charge is 0.255 e. The Hall–Kier alpha value is -2.01. The Kier molecular flexibility index (Phi) is 3.07. The number of pyridine rings is 1. The third kappa shape index (κ3) is 2.52. The Morgan fingerprint density at radius 3 is 2.56 bits per heavy atom. The minimum absolute atomic E-state index is 0.262. The van der Waals surface area contributed by atoms with Crippen molar-refractivity contribution in [1.29, 1.82) is 0 Å². The standard InChI is InChI=1S/C10H7ClN4O/c11-9(16)7-4-13-10(14-5-7)15-8-2-1-3-12-6-8/h1-6H,(H,13,14,15). The van der Waals surface area contributed by atoms with E-state index in [0.717, 1.165) is 5.69 Å². The highest BCUT2D eigenvalue weighted by molar-refractivity contribution is 6.67.